The van der Waals surface area contributed by atoms with E-state index in [-0.39, 0.29) is 0 Å². The zero-order valence-corrected chi connectivity index (χ0v) is 11.0. The zero-order valence-electron chi connectivity index (χ0n) is 11.0. The van der Waals surface area contributed by atoms with Crippen molar-refractivity contribution in [1.29, 1.82) is 0 Å². The van der Waals surface area contributed by atoms with Crippen molar-refractivity contribution in [3.63, 3.8) is 0 Å². The van der Waals surface area contributed by atoms with Crippen molar-refractivity contribution in [2.75, 3.05) is 0 Å². The van der Waals surface area contributed by atoms with E-state index in [4.69, 9.17) is 0 Å². The molecule has 0 N–H and O–H groups in total. The maximum Gasteiger partial charge on any atom is -0.0203 e. The van der Waals surface area contributed by atoms with Gasteiger partial charge in [-0.25, -0.2) is 0 Å². The third kappa shape index (κ3) is 3.37. The number of rotatable bonds is 2. The summed E-state index contributed by atoms with van der Waals surface area (Å²) in [5, 5.41) is 0. The highest BCUT2D eigenvalue weighted by molar-refractivity contribution is 4.96. The molecule has 2 aliphatic carbocycles. The minimum absolute atomic E-state index is 0.922. The molecule has 0 saturated heterocycles. The maximum absolute atomic E-state index is 2.58. The summed E-state index contributed by atoms with van der Waals surface area (Å²) in [6.07, 6.45) is 19.7. The van der Waals surface area contributed by atoms with E-state index < -0.39 is 0 Å². The molecule has 16 heavy (non-hydrogen) atoms. The van der Waals surface area contributed by atoms with Crippen LogP contribution in [-0.2, 0) is 0 Å². The molecule has 0 aromatic heterocycles. The van der Waals surface area contributed by atoms with Crippen molar-refractivity contribution < 1.29 is 0 Å². The molecule has 0 nitrogen and oxygen atoms in total. The molecule has 0 radical (unpaired) electrons. The smallest absolute Gasteiger partial charge is 0.0203 e. The first-order valence-corrected chi connectivity index (χ1v) is 7.56. The lowest BCUT2D eigenvalue weighted by Crippen LogP contribution is -2.15. The second-order valence-electron chi connectivity index (χ2n) is 5.93. The van der Waals surface area contributed by atoms with Crippen molar-refractivity contribution in [3.8, 4) is 0 Å². The van der Waals surface area contributed by atoms with E-state index in [9.17, 15) is 0 Å². The van der Waals surface area contributed by atoms with Gasteiger partial charge < -0.3 is 0 Å². The van der Waals surface area contributed by atoms with Gasteiger partial charge in [0.2, 0.25) is 0 Å². The lowest BCUT2D eigenvalue weighted by molar-refractivity contribution is 0.285. The predicted molar refractivity (Wildman–Crippen MR) is 71.5 cm³/mol. The molecule has 2 unspecified atom stereocenters. The van der Waals surface area contributed by atoms with E-state index >= 15 is 0 Å². The van der Waals surface area contributed by atoms with Gasteiger partial charge in [0.15, 0.2) is 0 Å². The second-order valence-corrected chi connectivity index (χ2v) is 5.93. The predicted octanol–water partition coefficient (Wildman–Crippen LogP) is 5.34. The molecule has 1 fully saturated rings. The lowest BCUT2D eigenvalue weighted by atomic mass is 9.80. The molecule has 0 spiro atoms. The summed E-state index contributed by atoms with van der Waals surface area (Å²) in [5.41, 5.74) is 0. The fraction of sp³-hybridized carbons (Fsp3) is 0.875. The van der Waals surface area contributed by atoms with Crippen LogP contribution in [-0.4, -0.2) is 0 Å². The molecular formula is C16H28. The van der Waals surface area contributed by atoms with Crippen molar-refractivity contribution in [1.82, 2.24) is 0 Å². The first kappa shape index (κ1) is 12.2. The Bertz CT molecular complexity index is 208. The van der Waals surface area contributed by atoms with Gasteiger partial charge in [0, 0.05) is 0 Å². The molecule has 0 heteroatoms. The summed E-state index contributed by atoms with van der Waals surface area (Å²) in [7, 11) is 0. The molecule has 92 valence electrons. The Morgan fingerprint density at radius 2 is 1.75 bits per heavy atom. The average Bonchev–Trinajstić information content (AvgIpc) is 2.71. The minimum Gasteiger partial charge on any atom is -0.0882 e. The quantitative estimate of drug-likeness (QED) is 0.435. The molecule has 0 heterocycles. The van der Waals surface area contributed by atoms with Crippen molar-refractivity contribution in [2.45, 2.75) is 71.1 Å². The van der Waals surface area contributed by atoms with Gasteiger partial charge in [-0.15, -0.1) is 0 Å². The molecule has 0 aliphatic heterocycles. The van der Waals surface area contributed by atoms with E-state index in [1.165, 1.54) is 64.2 Å². The summed E-state index contributed by atoms with van der Waals surface area (Å²) in [6, 6.07) is 0. The van der Waals surface area contributed by atoms with Gasteiger partial charge >= 0.3 is 0 Å². The standard InChI is InChI=1S/C16H28/c1-2-14-9-7-8-12-16(13-14)15-10-5-3-4-6-11-15/h8,12,14-16H,2-7,9-11,13H2,1H3. The molecule has 1 saturated carbocycles. The summed E-state index contributed by atoms with van der Waals surface area (Å²) in [5.74, 6) is 2.94. The Labute approximate surface area is 102 Å². The first-order chi connectivity index (χ1) is 7.90. The highest BCUT2D eigenvalue weighted by atomic mass is 14.3. The van der Waals surface area contributed by atoms with Crippen LogP contribution in [0.5, 0.6) is 0 Å². The SMILES string of the molecule is CCC1CCC=CC(C2CCCCCC2)C1. The van der Waals surface area contributed by atoms with Gasteiger partial charge in [0.1, 0.15) is 0 Å². The Hall–Kier alpha value is -0.260. The zero-order chi connectivity index (χ0) is 11.2. The number of allylic oxidation sites excluding steroid dienone is 2. The summed E-state index contributed by atoms with van der Waals surface area (Å²) >= 11 is 0. The Kier molecular flexibility index (Phi) is 4.93. The van der Waals surface area contributed by atoms with E-state index in [0.717, 1.165) is 17.8 Å². The van der Waals surface area contributed by atoms with Crippen LogP contribution < -0.4 is 0 Å². The average molecular weight is 220 g/mol. The monoisotopic (exact) mass is 220 g/mol. The molecular weight excluding hydrogens is 192 g/mol. The normalized spacial score (nSPS) is 33.3. The van der Waals surface area contributed by atoms with Gasteiger partial charge in [-0.05, 0) is 49.9 Å². The van der Waals surface area contributed by atoms with Gasteiger partial charge in [-0.2, -0.15) is 0 Å². The Morgan fingerprint density at radius 3 is 2.44 bits per heavy atom. The third-order valence-corrected chi connectivity index (χ3v) is 4.81. The van der Waals surface area contributed by atoms with Crippen molar-refractivity contribution in [2.24, 2.45) is 17.8 Å². The van der Waals surface area contributed by atoms with Crippen LogP contribution in [0.1, 0.15) is 71.1 Å². The van der Waals surface area contributed by atoms with Gasteiger partial charge in [0.05, 0.1) is 0 Å². The van der Waals surface area contributed by atoms with Gasteiger partial charge in [-0.3, -0.25) is 0 Å². The van der Waals surface area contributed by atoms with E-state index in [0.29, 0.717) is 0 Å². The molecule has 0 aromatic carbocycles. The summed E-state index contributed by atoms with van der Waals surface area (Å²) < 4.78 is 0. The van der Waals surface area contributed by atoms with E-state index in [1.54, 1.807) is 0 Å². The Balaban J connectivity index is 1.94. The highest BCUT2D eigenvalue weighted by Gasteiger charge is 2.24. The van der Waals surface area contributed by atoms with Crippen LogP contribution in [0.2, 0.25) is 0 Å². The van der Waals surface area contributed by atoms with Crippen molar-refractivity contribution in [3.05, 3.63) is 12.2 Å². The van der Waals surface area contributed by atoms with Crippen LogP contribution in [0.25, 0.3) is 0 Å². The first-order valence-electron chi connectivity index (χ1n) is 7.56. The van der Waals surface area contributed by atoms with Crippen LogP contribution in [0.3, 0.4) is 0 Å². The second kappa shape index (κ2) is 6.47. The fourth-order valence-electron chi connectivity index (χ4n) is 3.64. The van der Waals surface area contributed by atoms with Crippen molar-refractivity contribution >= 4 is 0 Å². The summed E-state index contributed by atoms with van der Waals surface area (Å²) in [6.45, 7) is 2.38. The van der Waals surface area contributed by atoms with Crippen LogP contribution in [0, 0.1) is 17.8 Å². The third-order valence-electron chi connectivity index (χ3n) is 4.81. The molecule has 2 aliphatic rings. The largest absolute Gasteiger partial charge is 0.0882 e. The molecule has 2 rings (SSSR count). The van der Waals surface area contributed by atoms with Crippen LogP contribution in [0.4, 0.5) is 0 Å². The molecule has 0 bridgehead atoms. The fourth-order valence-corrected chi connectivity index (χ4v) is 3.64. The van der Waals surface area contributed by atoms with Gasteiger partial charge in [-0.1, -0.05) is 51.2 Å². The number of hydrogen-bond donors (Lipinski definition) is 0. The van der Waals surface area contributed by atoms with E-state index in [2.05, 4.69) is 19.1 Å². The topological polar surface area (TPSA) is 0 Å². The molecule has 0 amide bonds. The van der Waals surface area contributed by atoms with Crippen LogP contribution >= 0.6 is 0 Å². The molecule has 2 atom stereocenters. The number of hydrogen-bond acceptors (Lipinski definition) is 0. The minimum atomic E-state index is 0.922. The lowest BCUT2D eigenvalue weighted by Gasteiger charge is -2.25. The van der Waals surface area contributed by atoms with Crippen LogP contribution in [0.15, 0.2) is 12.2 Å². The summed E-state index contributed by atoms with van der Waals surface area (Å²) in [4.78, 5) is 0. The van der Waals surface area contributed by atoms with Gasteiger partial charge in [0.25, 0.3) is 0 Å². The molecule has 0 aromatic rings. The highest BCUT2D eigenvalue weighted by Crippen LogP contribution is 2.36. The maximum atomic E-state index is 2.58. The Morgan fingerprint density at radius 1 is 1.00 bits per heavy atom. The van der Waals surface area contributed by atoms with E-state index in [1.807, 2.05) is 0 Å².